The highest BCUT2D eigenvalue weighted by molar-refractivity contribution is 8.00. The van der Waals surface area contributed by atoms with Gasteiger partial charge in [0.2, 0.25) is 0 Å². The third-order valence-corrected chi connectivity index (χ3v) is 5.18. The second-order valence-electron chi connectivity index (χ2n) is 6.03. The Kier molecular flexibility index (Phi) is 5.49. The minimum Gasteiger partial charge on any atom is -0.366 e. The molecule has 1 aromatic rings. The first-order valence-electron chi connectivity index (χ1n) is 7.50. The predicted molar refractivity (Wildman–Crippen MR) is 87.1 cm³/mol. The van der Waals surface area contributed by atoms with Gasteiger partial charge in [-0.05, 0) is 30.7 Å². The molecule has 0 unspecified atom stereocenters. The van der Waals surface area contributed by atoms with E-state index >= 15 is 0 Å². The molecule has 0 atom stereocenters. The summed E-state index contributed by atoms with van der Waals surface area (Å²) in [5, 5.41) is 3.09. The van der Waals surface area contributed by atoms with E-state index in [1.54, 1.807) is 0 Å². The van der Waals surface area contributed by atoms with Crippen molar-refractivity contribution in [3.05, 3.63) is 29.3 Å². The van der Waals surface area contributed by atoms with Gasteiger partial charge in [-0.3, -0.25) is 0 Å². The SMILES string of the molecule is CCNCc1cc(F)c(N2CCSC(C)(C)CC2)c(F)c1. The van der Waals surface area contributed by atoms with Gasteiger partial charge < -0.3 is 10.2 Å². The van der Waals surface area contributed by atoms with E-state index in [0.29, 0.717) is 25.2 Å². The van der Waals surface area contributed by atoms with Crippen LogP contribution in [0.2, 0.25) is 0 Å². The predicted octanol–water partition coefficient (Wildman–Crippen LogP) is 3.80. The van der Waals surface area contributed by atoms with Gasteiger partial charge in [-0.1, -0.05) is 20.8 Å². The van der Waals surface area contributed by atoms with Gasteiger partial charge >= 0.3 is 0 Å². The van der Waals surface area contributed by atoms with E-state index in [9.17, 15) is 8.78 Å². The normalized spacial score (nSPS) is 18.6. The lowest BCUT2D eigenvalue weighted by atomic mass is 10.1. The summed E-state index contributed by atoms with van der Waals surface area (Å²) in [7, 11) is 0. The highest BCUT2D eigenvalue weighted by Gasteiger charge is 2.26. The molecule has 118 valence electrons. The van der Waals surface area contributed by atoms with Crippen molar-refractivity contribution in [2.75, 3.05) is 30.3 Å². The van der Waals surface area contributed by atoms with Crippen molar-refractivity contribution in [1.29, 1.82) is 0 Å². The Morgan fingerprint density at radius 3 is 2.52 bits per heavy atom. The molecule has 1 aliphatic heterocycles. The average Bonchev–Trinajstić information content (AvgIpc) is 2.57. The van der Waals surface area contributed by atoms with E-state index in [2.05, 4.69) is 19.2 Å². The van der Waals surface area contributed by atoms with Crippen LogP contribution in [0.4, 0.5) is 14.5 Å². The highest BCUT2D eigenvalue weighted by Crippen LogP contribution is 2.34. The molecule has 5 heteroatoms. The minimum atomic E-state index is -0.451. The van der Waals surface area contributed by atoms with Gasteiger partial charge in [0.15, 0.2) is 0 Å². The molecule has 1 fully saturated rings. The van der Waals surface area contributed by atoms with Crippen LogP contribution in [0.1, 0.15) is 32.8 Å². The lowest BCUT2D eigenvalue weighted by Crippen LogP contribution is -2.29. The van der Waals surface area contributed by atoms with Crippen LogP contribution in [0, 0.1) is 11.6 Å². The Morgan fingerprint density at radius 1 is 1.24 bits per heavy atom. The maximum absolute atomic E-state index is 14.3. The molecule has 1 N–H and O–H groups in total. The topological polar surface area (TPSA) is 15.3 Å². The molecule has 0 radical (unpaired) electrons. The van der Waals surface area contributed by atoms with E-state index in [4.69, 9.17) is 0 Å². The number of anilines is 1. The van der Waals surface area contributed by atoms with Crippen LogP contribution in [0.3, 0.4) is 0 Å². The molecular formula is C16H24F2N2S. The molecule has 2 nitrogen and oxygen atoms in total. The van der Waals surface area contributed by atoms with Crippen LogP contribution in [-0.2, 0) is 6.54 Å². The largest absolute Gasteiger partial charge is 0.366 e. The zero-order valence-electron chi connectivity index (χ0n) is 13.0. The van der Waals surface area contributed by atoms with Crippen LogP contribution in [-0.4, -0.2) is 30.1 Å². The minimum absolute atomic E-state index is 0.133. The number of nitrogens with zero attached hydrogens (tertiary/aromatic N) is 1. The average molecular weight is 314 g/mol. The first kappa shape index (κ1) is 16.6. The first-order valence-corrected chi connectivity index (χ1v) is 8.49. The molecule has 0 saturated carbocycles. The fourth-order valence-electron chi connectivity index (χ4n) is 2.54. The Morgan fingerprint density at radius 2 is 1.90 bits per heavy atom. The molecule has 2 rings (SSSR count). The zero-order valence-corrected chi connectivity index (χ0v) is 13.8. The molecular weight excluding hydrogens is 290 g/mol. The maximum atomic E-state index is 14.3. The Labute approximate surface area is 130 Å². The van der Waals surface area contributed by atoms with E-state index in [1.165, 1.54) is 12.1 Å². The summed E-state index contributed by atoms with van der Waals surface area (Å²) in [4.78, 5) is 1.85. The number of rotatable bonds is 4. The molecule has 1 saturated heterocycles. The third-order valence-electron chi connectivity index (χ3n) is 3.81. The fraction of sp³-hybridized carbons (Fsp3) is 0.625. The second-order valence-corrected chi connectivity index (χ2v) is 7.84. The summed E-state index contributed by atoms with van der Waals surface area (Å²) in [6.07, 6.45) is 0.926. The number of hydrogen-bond donors (Lipinski definition) is 1. The molecule has 0 aliphatic carbocycles. The van der Waals surface area contributed by atoms with Crippen LogP contribution >= 0.6 is 11.8 Å². The Hall–Kier alpha value is -0.810. The van der Waals surface area contributed by atoms with Gasteiger partial charge in [-0.15, -0.1) is 0 Å². The highest BCUT2D eigenvalue weighted by atomic mass is 32.2. The summed E-state index contributed by atoms with van der Waals surface area (Å²) >= 11 is 1.87. The monoisotopic (exact) mass is 314 g/mol. The van der Waals surface area contributed by atoms with Crippen LogP contribution in [0.15, 0.2) is 12.1 Å². The van der Waals surface area contributed by atoms with Gasteiger partial charge in [-0.2, -0.15) is 11.8 Å². The molecule has 0 amide bonds. The van der Waals surface area contributed by atoms with Gasteiger partial charge in [-0.25, -0.2) is 8.78 Å². The summed E-state index contributed by atoms with van der Waals surface area (Å²) in [5.41, 5.74) is 0.786. The first-order chi connectivity index (χ1) is 9.93. The molecule has 0 spiro atoms. The van der Waals surface area contributed by atoms with Crippen molar-refractivity contribution in [2.45, 2.75) is 38.5 Å². The van der Waals surface area contributed by atoms with Gasteiger partial charge in [0.05, 0.1) is 0 Å². The molecule has 1 aliphatic rings. The van der Waals surface area contributed by atoms with E-state index in [0.717, 1.165) is 18.7 Å². The van der Waals surface area contributed by atoms with Crippen molar-refractivity contribution in [1.82, 2.24) is 5.32 Å². The van der Waals surface area contributed by atoms with Crippen LogP contribution in [0.5, 0.6) is 0 Å². The molecule has 21 heavy (non-hydrogen) atoms. The van der Waals surface area contributed by atoms with Crippen molar-refractivity contribution in [3.63, 3.8) is 0 Å². The van der Waals surface area contributed by atoms with E-state index < -0.39 is 11.6 Å². The molecule has 0 aromatic heterocycles. The van der Waals surface area contributed by atoms with E-state index in [1.807, 2.05) is 23.6 Å². The van der Waals surface area contributed by atoms with Gasteiger partial charge in [0, 0.05) is 30.1 Å². The fourth-order valence-corrected chi connectivity index (χ4v) is 3.64. The van der Waals surface area contributed by atoms with Crippen molar-refractivity contribution in [2.24, 2.45) is 0 Å². The maximum Gasteiger partial charge on any atom is 0.149 e. The Balaban J connectivity index is 2.19. The van der Waals surface area contributed by atoms with Crippen molar-refractivity contribution < 1.29 is 8.78 Å². The van der Waals surface area contributed by atoms with Crippen LogP contribution in [0.25, 0.3) is 0 Å². The van der Waals surface area contributed by atoms with Crippen LogP contribution < -0.4 is 10.2 Å². The number of thioether (sulfide) groups is 1. The lowest BCUT2D eigenvalue weighted by molar-refractivity contribution is 0.558. The number of halogens is 2. The zero-order chi connectivity index (χ0) is 15.5. The third kappa shape index (κ3) is 4.33. The second kappa shape index (κ2) is 6.97. The van der Waals surface area contributed by atoms with Crippen molar-refractivity contribution in [3.8, 4) is 0 Å². The number of hydrogen-bond acceptors (Lipinski definition) is 3. The molecule has 1 aromatic carbocycles. The van der Waals surface area contributed by atoms with Crippen molar-refractivity contribution >= 4 is 17.4 Å². The summed E-state index contributed by atoms with van der Waals surface area (Å²) in [6.45, 7) is 9.00. The lowest BCUT2D eigenvalue weighted by Gasteiger charge is -2.25. The Bertz CT molecular complexity index is 468. The standard InChI is InChI=1S/C16H24F2N2S/c1-4-19-11-12-9-13(17)15(14(18)10-12)20-6-5-16(2,3)21-8-7-20/h9-10,19H,4-8,11H2,1-3H3. The molecule has 1 heterocycles. The number of benzene rings is 1. The quantitative estimate of drug-likeness (QED) is 0.910. The van der Waals surface area contributed by atoms with Gasteiger partial charge in [0.25, 0.3) is 0 Å². The summed E-state index contributed by atoms with van der Waals surface area (Å²) in [5.74, 6) is -0.00870. The van der Waals surface area contributed by atoms with Gasteiger partial charge in [0.1, 0.15) is 17.3 Å². The number of nitrogens with one attached hydrogen (secondary N) is 1. The molecule has 0 bridgehead atoms. The van der Waals surface area contributed by atoms with E-state index in [-0.39, 0.29) is 10.4 Å². The summed E-state index contributed by atoms with van der Waals surface area (Å²) < 4.78 is 28.8. The summed E-state index contributed by atoms with van der Waals surface area (Å²) in [6, 6.07) is 2.90. The smallest absolute Gasteiger partial charge is 0.149 e.